The Morgan fingerprint density at radius 1 is 1.12 bits per heavy atom. The van der Waals surface area contributed by atoms with Crippen LogP contribution in [0.25, 0.3) is 11.3 Å². The van der Waals surface area contributed by atoms with Gasteiger partial charge in [0.25, 0.3) is 5.91 Å². The molecule has 6 nitrogen and oxygen atoms in total. The summed E-state index contributed by atoms with van der Waals surface area (Å²) in [6, 6.07) is 1.47. The summed E-state index contributed by atoms with van der Waals surface area (Å²) in [5.41, 5.74) is 3.00. The molecule has 2 unspecified atom stereocenters. The van der Waals surface area contributed by atoms with E-state index < -0.39 is 29.7 Å². The van der Waals surface area contributed by atoms with Gasteiger partial charge < -0.3 is 4.90 Å². The van der Waals surface area contributed by atoms with Crippen molar-refractivity contribution in [2.75, 3.05) is 6.54 Å². The summed E-state index contributed by atoms with van der Waals surface area (Å²) in [4.78, 5) is 15.0. The molecule has 0 bridgehead atoms. The van der Waals surface area contributed by atoms with E-state index in [-0.39, 0.29) is 17.4 Å². The van der Waals surface area contributed by atoms with E-state index in [1.807, 2.05) is 6.92 Å². The highest BCUT2D eigenvalue weighted by Gasteiger charge is 2.44. The normalized spacial score (nSPS) is 22.2. The number of carbonyl (C=O) groups excluding carboxylic acids is 1. The largest absolute Gasteiger partial charge is 0.330 e. The molecule has 1 fully saturated rings. The van der Waals surface area contributed by atoms with E-state index in [2.05, 4.69) is 10.2 Å². The van der Waals surface area contributed by atoms with Gasteiger partial charge >= 0.3 is 0 Å². The molecule has 32 heavy (non-hydrogen) atoms. The fourth-order valence-corrected chi connectivity index (χ4v) is 4.73. The molecular weight excluding hydrogens is 426 g/mol. The number of halogens is 4. The quantitative estimate of drug-likeness (QED) is 0.453. The van der Waals surface area contributed by atoms with E-state index in [0.717, 1.165) is 17.7 Å². The minimum atomic E-state index is -1.52. The minimum absolute atomic E-state index is 0.182. The van der Waals surface area contributed by atoms with E-state index in [9.17, 15) is 22.4 Å². The van der Waals surface area contributed by atoms with Crippen molar-refractivity contribution in [3.8, 4) is 11.3 Å². The van der Waals surface area contributed by atoms with Crippen LogP contribution in [0.5, 0.6) is 0 Å². The monoisotopic (exact) mass is 447 g/mol. The molecule has 0 spiro atoms. The molecule has 1 aromatic carbocycles. The van der Waals surface area contributed by atoms with Crippen LogP contribution >= 0.6 is 0 Å². The lowest BCUT2D eigenvalue weighted by atomic mass is 9.95. The number of carbonyl (C=O) groups is 1. The average Bonchev–Trinajstić information content (AvgIpc) is 3.16. The van der Waals surface area contributed by atoms with Gasteiger partial charge in [-0.15, -0.1) is 0 Å². The van der Waals surface area contributed by atoms with Crippen LogP contribution in [0.3, 0.4) is 0 Å². The standard InChI is InChI=1S/C22H21F4N5O/c1-10-19-12(20(30(3)28-19)11-6-16(24)18(26)17(25)7-11)4-5-31(10)22(32)14-9-27-29(2)21(14)13-8-15(13)23/h6-7,9-10,13,15H,4-5,8H2,1-3H3/t10-,13?,15?/m0/s1. The topological polar surface area (TPSA) is 56.0 Å². The van der Waals surface area contributed by atoms with Crippen LogP contribution in [0.1, 0.15) is 52.6 Å². The molecule has 5 rings (SSSR count). The summed E-state index contributed by atoms with van der Waals surface area (Å²) >= 11 is 0. The molecule has 0 radical (unpaired) electrons. The maximum Gasteiger partial charge on any atom is 0.257 e. The van der Waals surface area contributed by atoms with Crippen molar-refractivity contribution in [3.05, 3.63) is 58.3 Å². The van der Waals surface area contributed by atoms with Crippen molar-refractivity contribution in [1.29, 1.82) is 0 Å². The van der Waals surface area contributed by atoms with Crippen molar-refractivity contribution >= 4 is 5.91 Å². The predicted octanol–water partition coefficient (Wildman–Crippen LogP) is 3.82. The molecule has 1 aliphatic carbocycles. The number of benzene rings is 1. The molecule has 0 saturated heterocycles. The highest BCUT2D eigenvalue weighted by molar-refractivity contribution is 5.96. The maximum absolute atomic E-state index is 13.8. The summed E-state index contributed by atoms with van der Waals surface area (Å²) in [6.07, 6.45) is 1.30. The number of amides is 1. The number of hydrogen-bond donors (Lipinski definition) is 0. The molecule has 168 valence electrons. The number of aromatic nitrogens is 4. The summed E-state index contributed by atoms with van der Waals surface area (Å²) < 4.78 is 57.9. The van der Waals surface area contributed by atoms with Crippen molar-refractivity contribution in [2.45, 2.75) is 37.9 Å². The van der Waals surface area contributed by atoms with Gasteiger partial charge in [-0.25, -0.2) is 17.6 Å². The van der Waals surface area contributed by atoms with Crippen molar-refractivity contribution in [2.24, 2.45) is 14.1 Å². The Morgan fingerprint density at radius 3 is 2.41 bits per heavy atom. The number of alkyl halides is 1. The van der Waals surface area contributed by atoms with Gasteiger partial charge in [-0.2, -0.15) is 10.2 Å². The molecule has 2 aliphatic rings. The fraction of sp³-hybridized carbons (Fsp3) is 0.409. The fourth-order valence-electron chi connectivity index (χ4n) is 4.73. The first kappa shape index (κ1) is 20.7. The SMILES string of the molecule is C[C@H]1c2nn(C)c(-c3cc(F)c(F)c(F)c3)c2CCN1C(=O)c1cnn(C)c1C1CC1F. The van der Waals surface area contributed by atoms with Crippen LogP contribution < -0.4 is 0 Å². The Bertz CT molecular complexity index is 1230. The second kappa shape index (κ2) is 7.18. The number of fused-ring (bicyclic) bond motifs is 1. The molecule has 3 atom stereocenters. The van der Waals surface area contributed by atoms with Crippen LogP contribution in [0.4, 0.5) is 17.6 Å². The Labute approximate surface area is 181 Å². The molecule has 3 aromatic rings. The zero-order valence-electron chi connectivity index (χ0n) is 17.7. The number of nitrogens with zero attached hydrogens (tertiary/aromatic N) is 5. The third-order valence-corrected chi connectivity index (χ3v) is 6.44. The summed E-state index contributed by atoms with van der Waals surface area (Å²) in [7, 11) is 3.33. The van der Waals surface area contributed by atoms with Gasteiger partial charge in [0.2, 0.25) is 0 Å². The van der Waals surface area contributed by atoms with Gasteiger partial charge in [0.1, 0.15) is 6.17 Å². The van der Waals surface area contributed by atoms with Crippen molar-refractivity contribution in [3.63, 3.8) is 0 Å². The highest BCUT2D eigenvalue weighted by atomic mass is 19.2. The average molecular weight is 447 g/mol. The maximum atomic E-state index is 13.8. The van der Waals surface area contributed by atoms with Crippen LogP contribution in [0.15, 0.2) is 18.3 Å². The molecular formula is C22H21F4N5O. The van der Waals surface area contributed by atoms with Crippen molar-refractivity contribution in [1.82, 2.24) is 24.5 Å². The molecule has 2 aromatic heterocycles. The number of aryl methyl sites for hydroxylation is 2. The number of hydrogen-bond acceptors (Lipinski definition) is 3. The first-order valence-corrected chi connectivity index (χ1v) is 10.4. The third kappa shape index (κ3) is 3.03. The number of rotatable bonds is 3. The first-order valence-electron chi connectivity index (χ1n) is 10.4. The van der Waals surface area contributed by atoms with Crippen LogP contribution in [-0.2, 0) is 20.5 Å². The first-order chi connectivity index (χ1) is 15.2. The van der Waals surface area contributed by atoms with E-state index in [0.29, 0.717) is 42.0 Å². The van der Waals surface area contributed by atoms with Crippen LogP contribution in [0, 0.1) is 17.5 Å². The summed E-state index contributed by atoms with van der Waals surface area (Å²) in [6.45, 7) is 2.17. The Hall–Kier alpha value is -3.17. The van der Waals surface area contributed by atoms with Gasteiger partial charge in [-0.05, 0) is 31.9 Å². The molecule has 3 heterocycles. The predicted molar refractivity (Wildman–Crippen MR) is 107 cm³/mol. The van der Waals surface area contributed by atoms with Gasteiger partial charge in [0.05, 0.1) is 34.9 Å². The highest BCUT2D eigenvalue weighted by Crippen LogP contribution is 2.45. The summed E-state index contributed by atoms with van der Waals surface area (Å²) in [5, 5.41) is 8.67. The summed E-state index contributed by atoms with van der Waals surface area (Å²) in [5.74, 6) is -4.64. The lowest BCUT2D eigenvalue weighted by Crippen LogP contribution is -2.39. The van der Waals surface area contributed by atoms with Crippen LogP contribution in [0.2, 0.25) is 0 Å². The van der Waals surface area contributed by atoms with Gasteiger partial charge in [-0.1, -0.05) is 0 Å². The second-order valence-electron chi connectivity index (χ2n) is 8.44. The van der Waals surface area contributed by atoms with E-state index >= 15 is 0 Å². The molecule has 1 saturated carbocycles. The Morgan fingerprint density at radius 2 is 1.78 bits per heavy atom. The van der Waals surface area contributed by atoms with Gasteiger partial charge in [0.15, 0.2) is 17.5 Å². The molecule has 0 N–H and O–H groups in total. The zero-order chi connectivity index (χ0) is 22.9. The minimum Gasteiger partial charge on any atom is -0.330 e. The van der Waals surface area contributed by atoms with Gasteiger partial charge in [-0.3, -0.25) is 14.2 Å². The second-order valence-corrected chi connectivity index (χ2v) is 8.44. The molecule has 1 amide bonds. The van der Waals surface area contributed by atoms with Gasteiger partial charge in [0, 0.05) is 37.7 Å². The third-order valence-electron chi connectivity index (χ3n) is 6.44. The lowest BCUT2D eigenvalue weighted by Gasteiger charge is -2.33. The molecule has 1 aliphatic heterocycles. The zero-order valence-corrected chi connectivity index (χ0v) is 17.7. The van der Waals surface area contributed by atoms with Crippen molar-refractivity contribution < 1.29 is 22.4 Å². The Balaban J connectivity index is 1.50. The molecule has 10 heteroatoms. The Kier molecular flexibility index (Phi) is 4.65. The smallest absolute Gasteiger partial charge is 0.257 e. The van der Waals surface area contributed by atoms with E-state index in [4.69, 9.17) is 0 Å². The van der Waals surface area contributed by atoms with Crippen LogP contribution in [-0.4, -0.2) is 43.1 Å². The lowest BCUT2D eigenvalue weighted by molar-refractivity contribution is 0.0672. The van der Waals surface area contributed by atoms with E-state index in [1.54, 1.807) is 23.7 Å². The van der Waals surface area contributed by atoms with E-state index in [1.165, 1.54) is 10.9 Å².